The fraction of sp³-hybridized carbons (Fsp3) is 0.227. The first-order valence-electron chi connectivity index (χ1n) is 9.78. The highest BCUT2D eigenvalue weighted by Crippen LogP contribution is 2.28. The van der Waals surface area contributed by atoms with Gasteiger partial charge in [0.1, 0.15) is 12.4 Å². The number of carbonyl (C=O) groups excluding carboxylic acids is 1. The molecule has 2 aromatic carbocycles. The highest BCUT2D eigenvalue weighted by atomic mass is 16.5. The molecule has 3 aromatic rings. The van der Waals surface area contributed by atoms with Crippen molar-refractivity contribution >= 4 is 17.4 Å². The summed E-state index contributed by atoms with van der Waals surface area (Å²) < 4.78 is 5.62. The zero-order valence-corrected chi connectivity index (χ0v) is 16.7. The predicted octanol–water partition coefficient (Wildman–Crippen LogP) is 2.18. The molecular weight excluding hydrogens is 380 g/mol. The van der Waals surface area contributed by atoms with Gasteiger partial charge in [-0.25, -0.2) is 9.97 Å². The van der Waals surface area contributed by atoms with Crippen LogP contribution in [-0.2, 0) is 13.1 Å². The van der Waals surface area contributed by atoms with E-state index in [0.717, 1.165) is 35.7 Å². The number of ether oxygens (including phenoxy) is 1. The minimum absolute atomic E-state index is 0.112. The van der Waals surface area contributed by atoms with E-state index >= 15 is 0 Å². The van der Waals surface area contributed by atoms with Gasteiger partial charge in [0.25, 0.3) is 5.91 Å². The molecule has 1 aliphatic heterocycles. The largest absolute Gasteiger partial charge is 0.490 e. The molecule has 8 nitrogen and oxygen atoms in total. The summed E-state index contributed by atoms with van der Waals surface area (Å²) in [6, 6.07) is 14.2. The molecule has 1 amide bonds. The molecule has 2 heterocycles. The molecule has 0 fully saturated rings. The van der Waals surface area contributed by atoms with Crippen LogP contribution in [0.15, 0.2) is 48.7 Å². The number of rotatable bonds is 6. The van der Waals surface area contributed by atoms with E-state index in [9.17, 15) is 4.79 Å². The third-order valence-corrected chi connectivity index (χ3v) is 4.84. The summed E-state index contributed by atoms with van der Waals surface area (Å²) in [5.74, 6) is 0.656. The van der Waals surface area contributed by atoms with Crippen LogP contribution in [0.5, 0.6) is 5.75 Å². The van der Waals surface area contributed by atoms with E-state index in [1.807, 2.05) is 30.3 Å². The van der Waals surface area contributed by atoms with Crippen LogP contribution in [-0.4, -0.2) is 36.1 Å². The SMILES string of the molecule is CNC(=O)c1nc(-c2cccc(CNCc3ccc4c(c3)NCCO4)c2)cnc1N. The molecule has 0 bridgehead atoms. The second kappa shape index (κ2) is 8.79. The van der Waals surface area contributed by atoms with Gasteiger partial charge in [-0.15, -0.1) is 0 Å². The number of carbonyl (C=O) groups is 1. The van der Waals surface area contributed by atoms with Crippen LogP contribution in [0.1, 0.15) is 21.6 Å². The maximum atomic E-state index is 11.9. The van der Waals surface area contributed by atoms with Crippen LogP contribution in [0, 0.1) is 0 Å². The van der Waals surface area contributed by atoms with Crippen LogP contribution < -0.4 is 26.4 Å². The number of anilines is 2. The Bertz CT molecular complexity index is 1070. The van der Waals surface area contributed by atoms with Crippen molar-refractivity contribution < 1.29 is 9.53 Å². The quantitative estimate of drug-likeness (QED) is 0.498. The Hall–Kier alpha value is -3.65. The topological polar surface area (TPSA) is 114 Å². The van der Waals surface area contributed by atoms with E-state index in [0.29, 0.717) is 18.8 Å². The summed E-state index contributed by atoms with van der Waals surface area (Å²) in [5, 5.41) is 9.35. The second-order valence-corrected chi connectivity index (χ2v) is 6.98. The Morgan fingerprint density at radius 1 is 1.20 bits per heavy atom. The van der Waals surface area contributed by atoms with Gasteiger partial charge >= 0.3 is 0 Å². The van der Waals surface area contributed by atoms with E-state index < -0.39 is 0 Å². The minimum Gasteiger partial charge on any atom is -0.490 e. The van der Waals surface area contributed by atoms with Gasteiger partial charge < -0.3 is 26.4 Å². The number of hydrogen-bond donors (Lipinski definition) is 4. The molecule has 0 radical (unpaired) electrons. The van der Waals surface area contributed by atoms with Gasteiger partial charge in [0.15, 0.2) is 11.5 Å². The molecule has 0 saturated heterocycles. The van der Waals surface area contributed by atoms with E-state index in [-0.39, 0.29) is 17.4 Å². The molecule has 1 aliphatic rings. The summed E-state index contributed by atoms with van der Waals surface area (Å²) in [7, 11) is 1.54. The molecule has 1 aromatic heterocycles. The third-order valence-electron chi connectivity index (χ3n) is 4.84. The van der Waals surface area contributed by atoms with E-state index in [2.05, 4.69) is 38.1 Å². The van der Waals surface area contributed by atoms with Crippen molar-refractivity contribution in [1.82, 2.24) is 20.6 Å². The lowest BCUT2D eigenvalue weighted by molar-refractivity contribution is 0.0959. The first-order valence-corrected chi connectivity index (χ1v) is 9.78. The maximum Gasteiger partial charge on any atom is 0.273 e. The minimum atomic E-state index is -0.357. The first kappa shape index (κ1) is 19.7. The molecule has 0 spiro atoms. The average Bonchev–Trinajstić information content (AvgIpc) is 2.79. The molecule has 4 rings (SSSR count). The van der Waals surface area contributed by atoms with Crippen molar-refractivity contribution in [2.45, 2.75) is 13.1 Å². The van der Waals surface area contributed by atoms with Crippen molar-refractivity contribution in [3.63, 3.8) is 0 Å². The van der Waals surface area contributed by atoms with Crippen LogP contribution in [0.25, 0.3) is 11.3 Å². The lowest BCUT2D eigenvalue weighted by Crippen LogP contribution is -2.21. The van der Waals surface area contributed by atoms with Gasteiger partial charge in [-0.05, 0) is 29.3 Å². The Kier molecular flexibility index (Phi) is 5.76. The Balaban J connectivity index is 1.43. The zero-order valence-electron chi connectivity index (χ0n) is 16.7. The van der Waals surface area contributed by atoms with Crippen LogP contribution in [0.4, 0.5) is 11.5 Å². The maximum absolute atomic E-state index is 11.9. The predicted molar refractivity (Wildman–Crippen MR) is 116 cm³/mol. The van der Waals surface area contributed by atoms with Crippen LogP contribution in [0.3, 0.4) is 0 Å². The zero-order chi connectivity index (χ0) is 20.9. The Morgan fingerprint density at radius 2 is 2.03 bits per heavy atom. The molecule has 0 saturated carbocycles. The van der Waals surface area contributed by atoms with E-state index in [4.69, 9.17) is 10.5 Å². The fourth-order valence-electron chi connectivity index (χ4n) is 3.31. The standard InChI is InChI=1S/C22H24N6O2/c1-24-22(29)20-21(23)27-13-18(28-20)16-4-2-3-14(9-16)11-25-12-15-5-6-19-17(10-15)26-7-8-30-19/h2-6,9-10,13,25-26H,7-8,11-12H2,1H3,(H2,23,27)(H,24,29). The smallest absolute Gasteiger partial charge is 0.273 e. The Morgan fingerprint density at radius 3 is 2.87 bits per heavy atom. The molecule has 0 atom stereocenters. The number of nitrogen functional groups attached to an aromatic ring is 1. The molecule has 0 unspecified atom stereocenters. The van der Waals surface area contributed by atoms with E-state index in [1.165, 1.54) is 12.6 Å². The fourth-order valence-corrected chi connectivity index (χ4v) is 3.31. The number of hydrogen-bond acceptors (Lipinski definition) is 7. The summed E-state index contributed by atoms with van der Waals surface area (Å²) in [4.78, 5) is 20.4. The lowest BCUT2D eigenvalue weighted by atomic mass is 10.1. The van der Waals surface area contributed by atoms with Crippen molar-refractivity contribution in [2.24, 2.45) is 0 Å². The first-order chi connectivity index (χ1) is 14.6. The summed E-state index contributed by atoms with van der Waals surface area (Å²) in [6.07, 6.45) is 1.58. The van der Waals surface area contributed by atoms with Crippen molar-refractivity contribution in [3.05, 3.63) is 65.5 Å². The summed E-state index contributed by atoms with van der Waals surface area (Å²) in [5.41, 5.74) is 10.7. The molecule has 30 heavy (non-hydrogen) atoms. The summed E-state index contributed by atoms with van der Waals surface area (Å²) >= 11 is 0. The van der Waals surface area contributed by atoms with Crippen molar-refractivity contribution in [3.8, 4) is 17.0 Å². The third kappa shape index (κ3) is 4.33. The van der Waals surface area contributed by atoms with Crippen molar-refractivity contribution in [1.29, 1.82) is 0 Å². The second-order valence-electron chi connectivity index (χ2n) is 6.98. The van der Waals surface area contributed by atoms with E-state index in [1.54, 1.807) is 6.20 Å². The summed E-state index contributed by atoms with van der Waals surface area (Å²) in [6.45, 7) is 2.96. The van der Waals surface area contributed by atoms with Gasteiger partial charge in [0.05, 0.1) is 17.6 Å². The number of fused-ring (bicyclic) bond motifs is 1. The number of aromatic nitrogens is 2. The monoisotopic (exact) mass is 404 g/mol. The van der Waals surface area contributed by atoms with Gasteiger partial charge in [-0.2, -0.15) is 0 Å². The molecule has 5 N–H and O–H groups in total. The molecular formula is C22H24N6O2. The normalized spacial score (nSPS) is 12.4. The number of benzene rings is 2. The number of nitrogens with one attached hydrogen (secondary N) is 3. The van der Waals surface area contributed by atoms with Gasteiger partial charge in [0, 0.05) is 32.2 Å². The highest BCUT2D eigenvalue weighted by molar-refractivity contribution is 5.96. The van der Waals surface area contributed by atoms with Gasteiger partial charge in [0.2, 0.25) is 0 Å². The van der Waals surface area contributed by atoms with Crippen LogP contribution in [0.2, 0.25) is 0 Å². The molecule has 8 heteroatoms. The lowest BCUT2D eigenvalue weighted by Gasteiger charge is -2.19. The van der Waals surface area contributed by atoms with Crippen molar-refractivity contribution in [2.75, 3.05) is 31.2 Å². The number of nitrogens with two attached hydrogens (primary N) is 1. The van der Waals surface area contributed by atoms with Gasteiger partial charge in [-0.1, -0.05) is 24.3 Å². The molecule has 154 valence electrons. The highest BCUT2D eigenvalue weighted by Gasteiger charge is 2.13. The van der Waals surface area contributed by atoms with Crippen LogP contribution >= 0.6 is 0 Å². The number of amides is 1. The number of nitrogens with zero attached hydrogens (tertiary/aromatic N) is 2. The van der Waals surface area contributed by atoms with Gasteiger partial charge in [-0.3, -0.25) is 4.79 Å². The molecule has 0 aliphatic carbocycles. The average molecular weight is 404 g/mol. The Labute approximate surface area is 174 Å².